The van der Waals surface area contributed by atoms with E-state index < -0.39 is 6.04 Å². The predicted octanol–water partition coefficient (Wildman–Crippen LogP) is 1.19. The van der Waals surface area contributed by atoms with Gasteiger partial charge in [0.15, 0.2) is 0 Å². The third kappa shape index (κ3) is 5.56. The van der Waals surface area contributed by atoms with Crippen LogP contribution in [0.5, 0.6) is 5.75 Å². The zero-order valence-electron chi connectivity index (χ0n) is 16.4. The molecule has 7 nitrogen and oxygen atoms in total. The number of nitrogens with one attached hydrogen (secondary N) is 2. The molecule has 1 atom stereocenters. The summed E-state index contributed by atoms with van der Waals surface area (Å²) in [5.74, 6) is 0.647. The zero-order chi connectivity index (χ0) is 19.8. The van der Waals surface area contributed by atoms with Gasteiger partial charge in [0.2, 0.25) is 11.8 Å². The predicted molar refractivity (Wildman–Crippen MR) is 107 cm³/mol. The monoisotopic (exact) mass is 387 g/mol. The molecule has 0 aliphatic carbocycles. The zero-order valence-corrected chi connectivity index (χ0v) is 16.4. The Bertz CT molecular complexity index is 701. The molecule has 1 aromatic carbocycles. The highest BCUT2D eigenvalue weighted by atomic mass is 16.5. The molecule has 0 aromatic heterocycles. The number of hydrogen-bond donors (Lipinski definition) is 2. The normalized spacial score (nSPS) is 21.5. The van der Waals surface area contributed by atoms with Gasteiger partial charge in [-0.3, -0.25) is 14.5 Å². The largest absolute Gasteiger partial charge is 0.496 e. The van der Waals surface area contributed by atoms with Crippen LogP contribution >= 0.6 is 0 Å². The first-order valence-corrected chi connectivity index (χ1v) is 9.86. The second kappa shape index (κ2) is 10.2. The minimum Gasteiger partial charge on any atom is -0.496 e. The number of hydrogen-bond acceptors (Lipinski definition) is 5. The van der Waals surface area contributed by atoms with Crippen LogP contribution in [0.1, 0.15) is 24.8 Å². The number of methoxy groups -OCH3 is 1. The van der Waals surface area contributed by atoms with E-state index in [1.165, 1.54) is 0 Å². The van der Waals surface area contributed by atoms with E-state index >= 15 is 0 Å². The van der Waals surface area contributed by atoms with Gasteiger partial charge in [-0.2, -0.15) is 0 Å². The van der Waals surface area contributed by atoms with E-state index in [2.05, 4.69) is 10.6 Å². The van der Waals surface area contributed by atoms with Crippen LogP contribution in [0.15, 0.2) is 30.3 Å². The fourth-order valence-corrected chi connectivity index (χ4v) is 3.63. The molecule has 3 rings (SSSR count). The molecule has 1 aromatic rings. The third-order valence-corrected chi connectivity index (χ3v) is 5.18. The van der Waals surface area contributed by atoms with E-state index in [-0.39, 0.29) is 24.3 Å². The minimum atomic E-state index is -0.448. The number of benzene rings is 1. The van der Waals surface area contributed by atoms with Crippen molar-refractivity contribution in [3.05, 3.63) is 35.9 Å². The van der Waals surface area contributed by atoms with E-state index in [0.29, 0.717) is 26.3 Å². The first-order chi connectivity index (χ1) is 13.7. The molecule has 0 radical (unpaired) electrons. The number of rotatable bonds is 7. The number of amides is 2. The molecule has 2 N–H and O–H groups in total. The Kier molecular flexibility index (Phi) is 7.45. The van der Waals surface area contributed by atoms with Crippen molar-refractivity contribution in [2.45, 2.75) is 31.3 Å². The molecule has 28 heavy (non-hydrogen) atoms. The maximum atomic E-state index is 12.5. The van der Waals surface area contributed by atoms with Crippen LogP contribution in [-0.4, -0.2) is 68.8 Å². The van der Waals surface area contributed by atoms with Crippen LogP contribution in [-0.2, 0) is 14.3 Å². The fourth-order valence-electron chi connectivity index (χ4n) is 3.63. The molecule has 0 saturated carbocycles. The van der Waals surface area contributed by atoms with Gasteiger partial charge >= 0.3 is 0 Å². The maximum absolute atomic E-state index is 12.5. The van der Waals surface area contributed by atoms with Crippen molar-refractivity contribution in [3.63, 3.8) is 0 Å². The molecule has 2 aliphatic heterocycles. The first kappa shape index (κ1) is 20.4. The van der Waals surface area contributed by atoms with Crippen molar-refractivity contribution in [2.24, 2.45) is 0 Å². The van der Waals surface area contributed by atoms with E-state index in [1.807, 2.05) is 41.3 Å². The third-order valence-electron chi connectivity index (χ3n) is 5.18. The molecule has 1 unspecified atom stereocenters. The quantitative estimate of drug-likeness (QED) is 0.735. The highest BCUT2D eigenvalue weighted by molar-refractivity contribution is 5.89. The minimum absolute atomic E-state index is 0.0762. The summed E-state index contributed by atoms with van der Waals surface area (Å²) in [7, 11) is 1.65. The van der Waals surface area contributed by atoms with Gasteiger partial charge in [0.05, 0.1) is 19.6 Å². The lowest BCUT2D eigenvalue weighted by Gasteiger charge is -2.34. The lowest BCUT2D eigenvalue weighted by atomic mass is 10.1. The van der Waals surface area contributed by atoms with Gasteiger partial charge in [0, 0.05) is 44.5 Å². The van der Waals surface area contributed by atoms with Crippen molar-refractivity contribution >= 4 is 17.9 Å². The molecule has 0 spiro atoms. The Morgan fingerprint density at radius 3 is 2.93 bits per heavy atom. The SMILES string of the molecule is COc1ccccc1C=CCN1CCNC(=O)C1CC(=O)NC1CCOCC1. The van der Waals surface area contributed by atoms with E-state index in [4.69, 9.17) is 9.47 Å². The van der Waals surface area contributed by atoms with Crippen molar-refractivity contribution in [2.75, 3.05) is 40.0 Å². The fraction of sp³-hybridized carbons (Fsp3) is 0.524. The number of carbonyl (C=O) groups is 2. The first-order valence-electron chi connectivity index (χ1n) is 9.86. The number of para-hydroxylation sites is 1. The summed E-state index contributed by atoms with van der Waals surface area (Å²) < 4.78 is 10.7. The standard InChI is InChI=1S/C21H29N3O4/c1-27-19-7-3-2-5-16(19)6-4-11-24-12-10-22-21(26)18(24)15-20(25)23-17-8-13-28-14-9-17/h2-7,17-18H,8-15H2,1H3,(H,22,26)(H,23,25). The highest BCUT2D eigenvalue weighted by Gasteiger charge is 2.31. The van der Waals surface area contributed by atoms with Crippen LogP contribution in [0.2, 0.25) is 0 Å². The van der Waals surface area contributed by atoms with Crippen LogP contribution in [0.25, 0.3) is 6.08 Å². The van der Waals surface area contributed by atoms with E-state index in [1.54, 1.807) is 7.11 Å². The second-order valence-electron chi connectivity index (χ2n) is 7.10. The van der Waals surface area contributed by atoms with Crippen LogP contribution < -0.4 is 15.4 Å². The Hall–Kier alpha value is -2.38. The van der Waals surface area contributed by atoms with Crippen molar-refractivity contribution in [3.8, 4) is 5.75 Å². The van der Waals surface area contributed by atoms with Gasteiger partial charge in [-0.05, 0) is 18.9 Å². The average Bonchev–Trinajstić information content (AvgIpc) is 2.71. The van der Waals surface area contributed by atoms with Crippen molar-refractivity contribution < 1.29 is 19.1 Å². The molecule has 2 fully saturated rings. The lowest BCUT2D eigenvalue weighted by molar-refractivity contribution is -0.134. The summed E-state index contributed by atoms with van der Waals surface area (Å²) >= 11 is 0. The van der Waals surface area contributed by atoms with Crippen molar-refractivity contribution in [1.82, 2.24) is 15.5 Å². The average molecular weight is 387 g/mol. The van der Waals surface area contributed by atoms with Gasteiger partial charge in [0.25, 0.3) is 0 Å². The Morgan fingerprint density at radius 1 is 1.36 bits per heavy atom. The van der Waals surface area contributed by atoms with E-state index in [0.717, 1.165) is 30.7 Å². The Labute approximate surface area is 166 Å². The van der Waals surface area contributed by atoms with Gasteiger partial charge in [-0.25, -0.2) is 0 Å². The Morgan fingerprint density at radius 2 is 2.14 bits per heavy atom. The van der Waals surface area contributed by atoms with Crippen molar-refractivity contribution in [1.29, 1.82) is 0 Å². The lowest BCUT2D eigenvalue weighted by Crippen LogP contribution is -2.56. The summed E-state index contributed by atoms with van der Waals surface area (Å²) in [6.45, 7) is 3.26. The second-order valence-corrected chi connectivity index (χ2v) is 7.10. The van der Waals surface area contributed by atoms with Crippen LogP contribution in [0, 0.1) is 0 Å². The van der Waals surface area contributed by atoms with Gasteiger partial charge < -0.3 is 20.1 Å². The number of ether oxygens (including phenoxy) is 2. The molecule has 2 amide bonds. The van der Waals surface area contributed by atoms with Gasteiger partial charge in [0.1, 0.15) is 5.75 Å². The molecular formula is C21H29N3O4. The summed E-state index contributed by atoms with van der Waals surface area (Å²) in [5, 5.41) is 5.92. The van der Waals surface area contributed by atoms with Crippen LogP contribution in [0.4, 0.5) is 0 Å². The highest BCUT2D eigenvalue weighted by Crippen LogP contribution is 2.19. The molecule has 152 valence electrons. The van der Waals surface area contributed by atoms with E-state index in [9.17, 15) is 9.59 Å². The molecular weight excluding hydrogens is 358 g/mol. The summed E-state index contributed by atoms with van der Waals surface area (Å²) in [4.78, 5) is 26.9. The number of piperazine rings is 1. The smallest absolute Gasteiger partial charge is 0.237 e. The molecule has 2 heterocycles. The Balaban J connectivity index is 1.57. The summed E-state index contributed by atoms with van der Waals surface area (Å²) in [5.41, 5.74) is 0.986. The maximum Gasteiger partial charge on any atom is 0.237 e. The molecule has 2 saturated heterocycles. The molecule has 2 aliphatic rings. The summed E-state index contributed by atoms with van der Waals surface area (Å²) in [6, 6.07) is 7.48. The van der Waals surface area contributed by atoms with Gasteiger partial charge in [-0.15, -0.1) is 0 Å². The topological polar surface area (TPSA) is 79.9 Å². The van der Waals surface area contributed by atoms with Crippen LogP contribution in [0.3, 0.4) is 0 Å². The number of nitrogens with zero attached hydrogens (tertiary/aromatic N) is 1. The molecule has 0 bridgehead atoms. The summed E-state index contributed by atoms with van der Waals surface area (Å²) in [6.07, 6.45) is 5.83. The number of carbonyl (C=O) groups excluding carboxylic acids is 2. The molecule has 7 heteroatoms. The van der Waals surface area contributed by atoms with Gasteiger partial charge in [-0.1, -0.05) is 30.4 Å².